The number of aryl methyl sites for hydroxylation is 1. The number of carbonyl (C=O) groups excluding carboxylic acids is 2. The third-order valence-electron chi connectivity index (χ3n) is 6.05. The maximum Gasteiger partial charge on any atom is 0.253 e. The number of hydrogen-bond donors (Lipinski definition) is 1. The molecule has 1 aromatic heterocycles. The molecular formula is C27H37N3O5. The highest BCUT2D eigenvalue weighted by Gasteiger charge is 2.27. The number of piperidine rings is 1. The second-order valence-electron chi connectivity index (χ2n) is 8.69. The first-order chi connectivity index (χ1) is 17.0. The predicted octanol–water partition coefficient (Wildman–Crippen LogP) is 3.73. The van der Waals surface area contributed by atoms with Crippen molar-refractivity contribution < 1.29 is 23.8 Å². The first kappa shape index (κ1) is 26.5. The topological polar surface area (TPSA) is 90.0 Å². The lowest BCUT2D eigenvalue weighted by atomic mass is 9.89. The van der Waals surface area contributed by atoms with Gasteiger partial charge in [-0.05, 0) is 50.5 Å². The van der Waals surface area contributed by atoms with Crippen LogP contribution in [0.1, 0.15) is 60.3 Å². The molecule has 2 amide bonds. The fourth-order valence-electron chi connectivity index (χ4n) is 4.17. The smallest absolute Gasteiger partial charge is 0.253 e. The van der Waals surface area contributed by atoms with E-state index in [0.717, 1.165) is 36.4 Å². The molecule has 1 aromatic carbocycles. The molecule has 35 heavy (non-hydrogen) atoms. The summed E-state index contributed by atoms with van der Waals surface area (Å²) in [6.07, 6.45) is 2.83. The summed E-state index contributed by atoms with van der Waals surface area (Å²) >= 11 is 0. The van der Waals surface area contributed by atoms with Gasteiger partial charge in [0.05, 0.1) is 38.0 Å². The van der Waals surface area contributed by atoms with E-state index in [2.05, 4.69) is 12.2 Å². The number of methoxy groups -OCH3 is 1. The molecule has 2 aromatic rings. The van der Waals surface area contributed by atoms with Crippen molar-refractivity contribution in [3.63, 3.8) is 0 Å². The van der Waals surface area contributed by atoms with Crippen molar-refractivity contribution in [2.24, 2.45) is 0 Å². The van der Waals surface area contributed by atoms with Gasteiger partial charge >= 0.3 is 0 Å². The van der Waals surface area contributed by atoms with Crippen molar-refractivity contribution in [2.75, 3.05) is 46.6 Å². The number of pyridine rings is 1. The monoisotopic (exact) mass is 483 g/mol. The number of hydrogen-bond acceptors (Lipinski definition) is 6. The minimum atomic E-state index is -0.124. The number of nitrogens with one attached hydrogen (secondary N) is 1. The third kappa shape index (κ3) is 7.96. The van der Waals surface area contributed by atoms with Crippen molar-refractivity contribution in [1.82, 2.24) is 15.2 Å². The molecular weight excluding hydrogens is 446 g/mol. The van der Waals surface area contributed by atoms with E-state index in [1.54, 1.807) is 13.2 Å². The lowest BCUT2D eigenvalue weighted by Crippen LogP contribution is -2.39. The van der Waals surface area contributed by atoms with Gasteiger partial charge in [-0.15, -0.1) is 0 Å². The number of aromatic nitrogens is 1. The van der Waals surface area contributed by atoms with Crippen LogP contribution in [0.4, 0.5) is 0 Å². The minimum absolute atomic E-state index is 0.0774. The number of likely N-dealkylation sites (tertiary alicyclic amines) is 1. The quantitative estimate of drug-likeness (QED) is 0.463. The van der Waals surface area contributed by atoms with E-state index in [-0.39, 0.29) is 17.7 Å². The Labute approximate surface area is 208 Å². The zero-order chi connectivity index (χ0) is 25.0. The van der Waals surface area contributed by atoms with Crippen LogP contribution in [0.2, 0.25) is 0 Å². The molecule has 0 bridgehead atoms. The second-order valence-corrected chi connectivity index (χ2v) is 8.69. The molecule has 0 saturated carbocycles. The van der Waals surface area contributed by atoms with E-state index in [4.69, 9.17) is 19.2 Å². The van der Waals surface area contributed by atoms with Crippen molar-refractivity contribution in [3.8, 4) is 11.5 Å². The highest BCUT2D eigenvalue weighted by molar-refractivity contribution is 5.95. The average molecular weight is 484 g/mol. The molecule has 0 atom stereocenters. The minimum Gasteiger partial charge on any atom is -0.497 e. The Morgan fingerprint density at radius 2 is 1.86 bits per heavy atom. The van der Waals surface area contributed by atoms with Gasteiger partial charge in [0.2, 0.25) is 5.91 Å². The van der Waals surface area contributed by atoms with Crippen LogP contribution in [0.15, 0.2) is 36.4 Å². The summed E-state index contributed by atoms with van der Waals surface area (Å²) in [5.41, 5.74) is 2.32. The number of rotatable bonds is 12. The summed E-state index contributed by atoms with van der Waals surface area (Å²) in [5.74, 6) is 1.50. The molecule has 0 aliphatic carbocycles. The van der Waals surface area contributed by atoms with Crippen LogP contribution in [0.5, 0.6) is 11.5 Å². The Bertz CT molecular complexity index is 973. The van der Waals surface area contributed by atoms with Crippen molar-refractivity contribution in [3.05, 3.63) is 53.3 Å². The number of ether oxygens (including phenoxy) is 3. The molecule has 0 spiro atoms. The number of amides is 2. The SMILES string of the molecule is CCCOCCNC(=O)c1ccc(C)nc1C1CCN(C(=O)CCOc2cccc(OC)c2)CC1. The molecule has 190 valence electrons. The van der Waals surface area contributed by atoms with E-state index >= 15 is 0 Å². The third-order valence-corrected chi connectivity index (χ3v) is 6.05. The van der Waals surface area contributed by atoms with Gasteiger partial charge in [0.25, 0.3) is 5.91 Å². The fourth-order valence-corrected chi connectivity index (χ4v) is 4.17. The van der Waals surface area contributed by atoms with Crippen LogP contribution in [-0.4, -0.2) is 68.3 Å². The molecule has 2 heterocycles. The van der Waals surface area contributed by atoms with E-state index in [1.165, 1.54) is 0 Å². The number of carbonyl (C=O) groups is 2. The normalized spacial score (nSPS) is 14.0. The number of nitrogens with zero attached hydrogens (tertiary/aromatic N) is 2. The molecule has 1 aliphatic heterocycles. The second kappa shape index (κ2) is 13.7. The van der Waals surface area contributed by atoms with Crippen LogP contribution < -0.4 is 14.8 Å². The van der Waals surface area contributed by atoms with E-state index in [1.807, 2.05) is 42.2 Å². The molecule has 8 nitrogen and oxygen atoms in total. The van der Waals surface area contributed by atoms with Crippen LogP contribution in [-0.2, 0) is 9.53 Å². The van der Waals surface area contributed by atoms with Crippen molar-refractivity contribution >= 4 is 11.8 Å². The summed E-state index contributed by atoms with van der Waals surface area (Å²) in [7, 11) is 1.61. The molecule has 1 N–H and O–H groups in total. The van der Waals surface area contributed by atoms with Gasteiger partial charge in [-0.1, -0.05) is 13.0 Å². The molecule has 8 heteroatoms. The largest absolute Gasteiger partial charge is 0.497 e. The first-order valence-corrected chi connectivity index (χ1v) is 12.4. The van der Waals surface area contributed by atoms with E-state index < -0.39 is 0 Å². The molecule has 3 rings (SSSR count). The molecule has 0 unspecified atom stereocenters. The Kier molecular flexibility index (Phi) is 10.3. The summed E-state index contributed by atoms with van der Waals surface area (Å²) in [5, 5.41) is 2.94. The highest BCUT2D eigenvalue weighted by atomic mass is 16.5. The van der Waals surface area contributed by atoms with Crippen LogP contribution >= 0.6 is 0 Å². The Morgan fingerprint density at radius 1 is 1.09 bits per heavy atom. The lowest BCUT2D eigenvalue weighted by Gasteiger charge is -2.32. The van der Waals surface area contributed by atoms with Crippen molar-refractivity contribution in [1.29, 1.82) is 0 Å². The molecule has 1 saturated heterocycles. The lowest BCUT2D eigenvalue weighted by molar-refractivity contribution is -0.132. The molecule has 1 fully saturated rings. The summed E-state index contributed by atoms with van der Waals surface area (Å²) in [6.45, 7) is 7.25. The Hall–Kier alpha value is -3.13. The fraction of sp³-hybridized carbons (Fsp3) is 0.519. The van der Waals surface area contributed by atoms with Gasteiger partial charge in [-0.2, -0.15) is 0 Å². The van der Waals surface area contributed by atoms with Gasteiger partial charge in [-0.25, -0.2) is 0 Å². The summed E-state index contributed by atoms with van der Waals surface area (Å²) < 4.78 is 16.4. The zero-order valence-electron chi connectivity index (χ0n) is 21.0. The maximum atomic E-state index is 12.8. The first-order valence-electron chi connectivity index (χ1n) is 12.4. The molecule has 0 radical (unpaired) electrons. The van der Waals surface area contributed by atoms with Gasteiger partial charge < -0.3 is 24.4 Å². The van der Waals surface area contributed by atoms with Gasteiger partial charge in [-0.3, -0.25) is 14.6 Å². The summed E-state index contributed by atoms with van der Waals surface area (Å²) in [6, 6.07) is 11.1. The van der Waals surface area contributed by atoms with Crippen molar-refractivity contribution in [2.45, 2.75) is 45.4 Å². The summed E-state index contributed by atoms with van der Waals surface area (Å²) in [4.78, 5) is 32.1. The van der Waals surface area contributed by atoms with Gasteiger partial charge in [0, 0.05) is 43.9 Å². The maximum absolute atomic E-state index is 12.8. The van der Waals surface area contributed by atoms with E-state index in [9.17, 15) is 9.59 Å². The standard InChI is InChI=1S/C27H37N3O5/c1-4-16-34-18-13-28-27(32)24-9-8-20(2)29-26(24)21-10-14-30(15-11-21)25(31)12-17-35-23-7-5-6-22(19-23)33-3/h5-9,19,21H,4,10-18H2,1-3H3,(H,28,32). The van der Waals surface area contributed by atoms with Gasteiger partial charge in [0.15, 0.2) is 0 Å². The Morgan fingerprint density at radius 3 is 2.60 bits per heavy atom. The van der Waals surface area contributed by atoms with Crippen LogP contribution in [0.3, 0.4) is 0 Å². The van der Waals surface area contributed by atoms with Gasteiger partial charge in [0.1, 0.15) is 11.5 Å². The van der Waals surface area contributed by atoms with Crippen LogP contribution in [0, 0.1) is 6.92 Å². The van der Waals surface area contributed by atoms with Crippen LogP contribution in [0.25, 0.3) is 0 Å². The Balaban J connectivity index is 1.49. The highest BCUT2D eigenvalue weighted by Crippen LogP contribution is 2.30. The molecule has 1 aliphatic rings. The zero-order valence-corrected chi connectivity index (χ0v) is 21.0. The van der Waals surface area contributed by atoms with E-state index in [0.29, 0.717) is 57.2 Å². The predicted molar refractivity (Wildman–Crippen MR) is 134 cm³/mol. The average Bonchev–Trinajstić information content (AvgIpc) is 2.88. The number of benzene rings is 1.